The first kappa shape index (κ1) is 14.3. The number of fused-ring (bicyclic) bond motifs is 1. The number of rotatable bonds is 3. The van der Waals surface area contributed by atoms with E-state index in [-0.39, 0.29) is 0 Å². The first-order valence-corrected chi connectivity index (χ1v) is 8.25. The van der Waals surface area contributed by atoms with Crippen molar-refractivity contribution in [2.75, 3.05) is 31.1 Å². The van der Waals surface area contributed by atoms with E-state index in [9.17, 15) is 0 Å². The van der Waals surface area contributed by atoms with Gasteiger partial charge in [0, 0.05) is 43.8 Å². The van der Waals surface area contributed by atoms with Crippen LogP contribution in [-0.4, -0.2) is 41.3 Å². The zero-order chi connectivity index (χ0) is 15.6. The minimum atomic E-state index is 0.922. The predicted molar refractivity (Wildman–Crippen MR) is 94.8 cm³/mol. The highest BCUT2D eigenvalue weighted by molar-refractivity contribution is 5.81. The van der Waals surface area contributed by atoms with Crippen molar-refractivity contribution in [1.82, 2.24) is 15.1 Å². The second-order valence-electron chi connectivity index (χ2n) is 6.31. The van der Waals surface area contributed by atoms with E-state index in [4.69, 9.17) is 0 Å². The number of nitrogens with one attached hydrogen (secondary N) is 1. The van der Waals surface area contributed by atoms with Gasteiger partial charge in [-0.25, -0.2) is 0 Å². The quantitative estimate of drug-likeness (QED) is 0.807. The van der Waals surface area contributed by atoms with E-state index in [0.717, 1.165) is 43.9 Å². The van der Waals surface area contributed by atoms with Crippen molar-refractivity contribution in [2.45, 2.75) is 13.5 Å². The lowest BCUT2D eigenvalue weighted by Gasteiger charge is -2.35. The second kappa shape index (κ2) is 6.05. The Labute approximate surface area is 136 Å². The minimum Gasteiger partial charge on any atom is -0.369 e. The number of piperazine rings is 1. The normalized spacial score (nSPS) is 16.1. The Morgan fingerprint density at radius 2 is 1.70 bits per heavy atom. The van der Waals surface area contributed by atoms with E-state index in [1.807, 2.05) is 6.07 Å². The Morgan fingerprint density at radius 1 is 0.957 bits per heavy atom. The maximum Gasteiger partial charge on any atom is 0.0840 e. The van der Waals surface area contributed by atoms with Crippen molar-refractivity contribution in [1.29, 1.82) is 0 Å². The second-order valence-corrected chi connectivity index (χ2v) is 6.31. The summed E-state index contributed by atoms with van der Waals surface area (Å²) in [6.45, 7) is 7.36. The SMILES string of the molecule is Cc1ccc(N2CCN(Cc3n[nH]c4ccccc34)CC2)cc1. The number of aromatic amines is 1. The Balaban J connectivity index is 1.41. The van der Waals surface area contributed by atoms with Crippen molar-refractivity contribution < 1.29 is 0 Å². The summed E-state index contributed by atoms with van der Waals surface area (Å²) in [4.78, 5) is 4.96. The zero-order valence-corrected chi connectivity index (χ0v) is 13.5. The number of nitrogens with zero attached hydrogens (tertiary/aromatic N) is 3. The van der Waals surface area contributed by atoms with Gasteiger partial charge in [0.15, 0.2) is 0 Å². The molecule has 4 nitrogen and oxygen atoms in total. The van der Waals surface area contributed by atoms with Crippen molar-refractivity contribution in [3.05, 3.63) is 59.8 Å². The maximum absolute atomic E-state index is 4.50. The molecule has 0 aliphatic carbocycles. The van der Waals surface area contributed by atoms with Crippen LogP contribution in [0.1, 0.15) is 11.3 Å². The molecule has 4 heteroatoms. The molecule has 1 saturated heterocycles. The van der Waals surface area contributed by atoms with Crippen LogP contribution in [0.5, 0.6) is 0 Å². The van der Waals surface area contributed by atoms with Crippen molar-refractivity contribution >= 4 is 16.6 Å². The summed E-state index contributed by atoms with van der Waals surface area (Å²) in [5.74, 6) is 0. The van der Waals surface area contributed by atoms with E-state index in [1.54, 1.807) is 0 Å². The molecular weight excluding hydrogens is 284 g/mol. The molecule has 3 aromatic rings. The summed E-state index contributed by atoms with van der Waals surface area (Å²) in [7, 11) is 0. The van der Waals surface area contributed by atoms with Crippen LogP contribution in [0.3, 0.4) is 0 Å². The molecule has 1 fully saturated rings. The number of hydrogen-bond donors (Lipinski definition) is 1. The third kappa shape index (κ3) is 2.94. The van der Waals surface area contributed by atoms with Gasteiger partial charge in [0.1, 0.15) is 0 Å². The molecule has 4 rings (SSSR count). The maximum atomic E-state index is 4.50. The first-order chi connectivity index (χ1) is 11.3. The molecule has 2 aromatic carbocycles. The third-order valence-corrected chi connectivity index (χ3v) is 4.69. The minimum absolute atomic E-state index is 0.922. The molecule has 1 aliphatic heterocycles. The number of H-pyrrole nitrogens is 1. The Kier molecular flexibility index (Phi) is 3.75. The molecule has 0 saturated carbocycles. The summed E-state index contributed by atoms with van der Waals surface area (Å²) in [5, 5.41) is 8.87. The third-order valence-electron chi connectivity index (χ3n) is 4.69. The van der Waals surface area contributed by atoms with Gasteiger partial charge >= 0.3 is 0 Å². The van der Waals surface area contributed by atoms with Crippen LogP contribution >= 0.6 is 0 Å². The average molecular weight is 306 g/mol. The molecule has 0 spiro atoms. The largest absolute Gasteiger partial charge is 0.369 e. The first-order valence-electron chi connectivity index (χ1n) is 8.25. The molecule has 1 aliphatic rings. The Morgan fingerprint density at radius 3 is 2.48 bits per heavy atom. The molecule has 0 bridgehead atoms. The highest BCUT2D eigenvalue weighted by Crippen LogP contribution is 2.20. The van der Waals surface area contributed by atoms with Gasteiger partial charge in [-0.05, 0) is 25.1 Å². The van der Waals surface area contributed by atoms with Crippen LogP contribution < -0.4 is 4.90 Å². The summed E-state index contributed by atoms with van der Waals surface area (Å²) < 4.78 is 0. The van der Waals surface area contributed by atoms with Gasteiger partial charge in [-0.2, -0.15) is 5.10 Å². The van der Waals surface area contributed by atoms with Crippen LogP contribution in [0.15, 0.2) is 48.5 Å². The lowest BCUT2D eigenvalue weighted by Crippen LogP contribution is -2.46. The number of hydrogen-bond acceptors (Lipinski definition) is 3. The van der Waals surface area contributed by atoms with Gasteiger partial charge in [-0.3, -0.25) is 10.00 Å². The summed E-state index contributed by atoms with van der Waals surface area (Å²) in [6.07, 6.45) is 0. The Hall–Kier alpha value is -2.33. The monoisotopic (exact) mass is 306 g/mol. The fourth-order valence-electron chi connectivity index (χ4n) is 3.27. The smallest absolute Gasteiger partial charge is 0.0840 e. The standard InChI is InChI=1S/C19H22N4/c1-15-6-8-16(9-7-15)23-12-10-22(11-13-23)14-19-17-4-2-3-5-18(17)20-21-19/h2-9H,10-14H2,1H3,(H,20,21). The van der Waals surface area contributed by atoms with E-state index < -0.39 is 0 Å². The zero-order valence-electron chi connectivity index (χ0n) is 13.5. The molecule has 23 heavy (non-hydrogen) atoms. The van der Waals surface area contributed by atoms with Crippen molar-refractivity contribution in [3.8, 4) is 0 Å². The number of para-hydroxylation sites is 1. The summed E-state index contributed by atoms with van der Waals surface area (Å²) in [5.41, 5.74) is 4.93. The van der Waals surface area contributed by atoms with Crippen molar-refractivity contribution in [3.63, 3.8) is 0 Å². The van der Waals surface area contributed by atoms with Gasteiger partial charge < -0.3 is 4.90 Å². The molecule has 0 radical (unpaired) electrons. The molecule has 1 N–H and O–H groups in total. The Bertz CT molecular complexity index is 782. The molecule has 1 aromatic heterocycles. The van der Waals surface area contributed by atoms with Crippen LogP contribution in [0.2, 0.25) is 0 Å². The number of aromatic nitrogens is 2. The topological polar surface area (TPSA) is 35.2 Å². The lowest BCUT2D eigenvalue weighted by molar-refractivity contribution is 0.248. The van der Waals surface area contributed by atoms with Crippen molar-refractivity contribution in [2.24, 2.45) is 0 Å². The fourth-order valence-corrected chi connectivity index (χ4v) is 3.27. The highest BCUT2D eigenvalue weighted by atomic mass is 15.3. The molecule has 0 amide bonds. The van der Waals surface area contributed by atoms with E-state index >= 15 is 0 Å². The van der Waals surface area contributed by atoms with Crippen LogP contribution in [0.25, 0.3) is 10.9 Å². The average Bonchev–Trinajstić information content (AvgIpc) is 3.00. The van der Waals surface area contributed by atoms with Gasteiger partial charge in [0.2, 0.25) is 0 Å². The summed E-state index contributed by atoms with van der Waals surface area (Å²) in [6, 6.07) is 17.2. The molecule has 0 atom stereocenters. The number of anilines is 1. The van der Waals surface area contributed by atoms with Crippen LogP contribution in [0, 0.1) is 6.92 Å². The molecule has 118 valence electrons. The highest BCUT2D eigenvalue weighted by Gasteiger charge is 2.18. The van der Waals surface area contributed by atoms with Gasteiger partial charge in [-0.15, -0.1) is 0 Å². The molecule has 0 unspecified atom stereocenters. The van der Waals surface area contributed by atoms with Crippen LogP contribution in [0.4, 0.5) is 5.69 Å². The molecule has 2 heterocycles. The van der Waals surface area contributed by atoms with E-state index in [1.165, 1.54) is 16.6 Å². The van der Waals surface area contributed by atoms with E-state index in [0.29, 0.717) is 0 Å². The predicted octanol–water partition coefficient (Wildman–Crippen LogP) is 3.19. The molecular formula is C19H22N4. The van der Waals surface area contributed by atoms with Gasteiger partial charge in [0.05, 0.1) is 11.2 Å². The van der Waals surface area contributed by atoms with E-state index in [2.05, 4.69) is 69.4 Å². The number of aryl methyl sites for hydroxylation is 1. The van der Waals surface area contributed by atoms with Crippen LogP contribution in [-0.2, 0) is 6.54 Å². The fraction of sp³-hybridized carbons (Fsp3) is 0.316. The van der Waals surface area contributed by atoms with Gasteiger partial charge in [0.25, 0.3) is 0 Å². The summed E-state index contributed by atoms with van der Waals surface area (Å²) >= 11 is 0. The number of benzene rings is 2. The lowest BCUT2D eigenvalue weighted by atomic mass is 10.1. The van der Waals surface area contributed by atoms with Gasteiger partial charge in [-0.1, -0.05) is 35.9 Å².